The van der Waals surface area contributed by atoms with Crippen LogP contribution in [-0.4, -0.2) is 24.2 Å². The topological polar surface area (TPSA) is 34.2 Å². The summed E-state index contributed by atoms with van der Waals surface area (Å²) in [6.07, 6.45) is 5.44. The van der Waals surface area contributed by atoms with Gasteiger partial charge in [-0.1, -0.05) is 6.92 Å². The van der Waals surface area contributed by atoms with E-state index < -0.39 is 0 Å². The first-order valence-corrected chi connectivity index (χ1v) is 6.91. The largest absolute Gasteiger partial charge is 0.378 e. The van der Waals surface area contributed by atoms with E-state index in [0.717, 1.165) is 32.4 Å². The minimum atomic E-state index is 0.0574. The maximum absolute atomic E-state index is 5.65. The molecule has 16 heavy (non-hydrogen) atoms. The summed E-state index contributed by atoms with van der Waals surface area (Å²) in [5.74, 6) is 0. The first-order chi connectivity index (χ1) is 7.77. The van der Waals surface area contributed by atoms with Gasteiger partial charge in [0.15, 0.2) is 0 Å². The van der Waals surface area contributed by atoms with E-state index >= 15 is 0 Å². The summed E-state index contributed by atoms with van der Waals surface area (Å²) in [7, 11) is 0. The van der Waals surface area contributed by atoms with E-state index in [0.29, 0.717) is 6.10 Å². The average Bonchev–Trinajstić information content (AvgIpc) is 2.80. The lowest BCUT2D eigenvalue weighted by molar-refractivity contribution is -0.0206. The Hall–Kier alpha value is -0.450. The highest BCUT2D eigenvalue weighted by Crippen LogP contribution is 2.35. The van der Waals surface area contributed by atoms with Crippen LogP contribution in [0, 0.1) is 0 Å². The Kier molecular flexibility index (Phi) is 3.95. The molecule has 1 saturated heterocycles. The van der Waals surface area contributed by atoms with Crippen molar-refractivity contribution in [3.63, 3.8) is 0 Å². The molecule has 1 aromatic rings. The van der Waals surface area contributed by atoms with Gasteiger partial charge < -0.3 is 10.1 Å². The van der Waals surface area contributed by atoms with Crippen LogP contribution in [-0.2, 0) is 10.3 Å². The smallest absolute Gasteiger partial charge is 0.113 e. The highest BCUT2D eigenvalue weighted by molar-refractivity contribution is 7.09. The molecule has 2 atom stereocenters. The zero-order valence-corrected chi connectivity index (χ0v) is 10.8. The van der Waals surface area contributed by atoms with Gasteiger partial charge >= 0.3 is 0 Å². The van der Waals surface area contributed by atoms with Gasteiger partial charge in [-0.2, -0.15) is 0 Å². The van der Waals surface area contributed by atoms with Crippen LogP contribution in [0.15, 0.2) is 11.6 Å². The number of ether oxygens (including phenoxy) is 1. The van der Waals surface area contributed by atoms with Crippen molar-refractivity contribution in [3.05, 3.63) is 16.6 Å². The summed E-state index contributed by atoms with van der Waals surface area (Å²) in [5, 5.41) is 6.96. The second kappa shape index (κ2) is 5.25. The van der Waals surface area contributed by atoms with Gasteiger partial charge in [-0.15, -0.1) is 11.3 Å². The van der Waals surface area contributed by atoms with Gasteiger partial charge in [0, 0.05) is 18.2 Å². The lowest BCUT2D eigenvalue weighted by Crippen LogP contribution is -2.49. The number of hydrogen-bond acceptors (Lipinski definition) is 4. The van der Waals surface area contributed by atoms with Gasteiger partial charge in [0.1, 0.15) is 5.01 Å². The van der Waals surface area contributed by atoms with Gasteiger partial charge in [0.05, 0.1) is 11.6 Å². The normalized spacial score (nSPS) is 30.5. The zero-order chi connectivity index (χ0) is 11.4. The first kappa shape index (κ1) is 12.0. The van der Waals surface area contributed by atoms with Crippen molar-refractivity contribution in [1.29, 1.82) is 0 Å². The van der Waals surface area contributed by atoms with Gasteiger partial charge in [0.2, 0.25) is 0 Å². The molecule has 0 radical (unpaired) electrons. The number of rotatable bonds is 4. The molecule has 1 aliphatic rings. The van der Waals surface area contributed by atoms with Crippen molar-refractivity contribution in [2.45, 2.75) is 44.8 Å². The third-order valence-corrected chi connectivity index (χ3v) is 4.10. The van der Waals surface area contributed by atoms with E-state index in [1.165, 1.54) is 5.01 Å². The summed E-state index contributed by atoms with van der Waals surface area (Å²) >= 11 is 1.75. The molecule has 3 nitrogen and oxygen atoms in total. The number of thiazole rings is 1. The molecule has 1 aromatic heterocycles. The van der Waals surface area contributed by atoms with E-state index in [1.54, 1.807) is 11.3 Å². The standard InChI is InChI=1S/C12H20N2OS/c1-3-5-14-12(11-13-6-8-16-11)4-7-15-10(2)9-12/h6,8,10,14H,3-5,7,9H2,1-2H3. The molecule has 1 aliphatic heterocycles. The predicted molar refractivity (Wildman–Crippen MR) is 66.7 cm³/mol. The van der Waals surface area contributed by atoms with Gasteiger partial charge in [-0.05, 0) is 32.7 Å². The number of aromatic nitrogens is 1. The lowest BCUT2D eigenvalue weighted by Gasteiger charge is -2.39. The molecule has 90 valence electrons. The molecule has 0 aliphatic carbocycles. The Labute approximate surface area is 101 Å². The Balaban J connectivity index is 2.18. The van der Waals surface area contributed by atoms with Crippen molar-refractivity contribution < 1.29 is 4.74 Å². The number of hydrogen-bond donors (Lipinski definition) is 1. The van der Waals surface area contributed by atoms with Gasteiger partial charge in [-0.3, -0.25) is 0 Å². The summed E-state index contributed by atoms with van der Waals surface area (Å²) in [5.41, 5.74) is 0.0574. The van der Waals surface area contributed by atoms with Crippen LogP contribution in [0.25, 0.3) is 0 Å². The van der Waals surface area contributed by atoms with Crippen LogP contribution >= 0.6 is 11.3 Å². The van der Waals surface area contributed by atoms with Crippen molar-refractivity contribution in [2.75, 3.05) is 13.2 Å². The molecule has 0 aromatic carbocycles. The summed E-state index contributed by atoms with van der Waals surface area (Å²) < 4.78 is 5.65. The van der Waals surface area contributed by atoms with Crippen LogP contribution in [0.2, 0.25) is 0 Å². The van der Waals surface area contributed by atoms with E-state index in [2.05, 4.69) is 29.5 Å². The monoisotopic (exact) mass is 240 g/mol. The quantitative estimate of drug-likeness (QED) is 0.878. The molecule has 0 spiro atoms. The van der Waals surface area contributed by atoms with Crippen LogP contribution < -0.4 is 5.32 Å². The highest BCUT2D eigenvalue weighted by Gasteiger charge is 2.38. The van der Waals surface area contributed by atoms with Crippen LogP contribution in [0.3, 0.4) is 0 Å². The Morgan fingerprint density at radius 1 is 1.69 bits per heavy atom. The summed E-state index contributed by atoms with van der Waals surface area (Å²) in [6.45, 7) is 6.23. The first-order valence-electron chi connectivity index (χ1n) is 6.03. The molecule has 1 fully saturated rings. The molecular weight excluding hydrogens is 220 g/mol. The maximum atomic E-state index is 5.65. The summed E-state index contributed by atoms with van der Waals surface area (Å²) in [6, 6.07) is 0. The highest BCUT2D eigenvalue weighted by atomic mass is 32.1. The predicted octanol–water partition coefficient (Wildman–Crippen LogP) is 2.54. The number of nitrogens with one attached hydrogen (secondary N) is 1. The van der Waals surface area contributed by atoms with Crippen molar-refractivity contribution in [3.8, 4) is 0 Å². The SMILES string of the molecule is CCCNC1(c2nccs2)CCOC(C)C1. The molecule has 0 saturated carbocycles. The fourth-order valence-electron chi connectivity index (χ4n) is 2.34. The van der Waals surface area contributed by atoms with Crippen LogP contribution in [0.4, 0.5) is 0 Å². The van der Waals surface area contributed by atoms with Crippen LogP contribution in [0.5, 0.6) is 0 Å². The summed E-state index contributed by atoms with van der Waals surface area (Å²) in [4.78, 5) is 4.50. The Bertz CT molecular complexity index is 315. The fraction of sp³-hybridized carbons (Fsp3) is 0.750. The third-order valence-electron chi connectivity index (χ3n) is 3.12. The minimum Gasteiger partial charge on any atom is -0.378 e. The second-order valence-corrected chi connectivity index (χ2v) is 5.38. The van der Waals surface area contributed by atoms with E-state index in [-0.39, 0.29) is 5.54 Å². The zero-order valence-electron chi connectivity index (χ0n) is 10.0. The molecule has 1 N–H and O–H groups in total. The number of nitrogens with zero attached hydrogens (tertiary/aromatic N) is 1. The Morgan fingerprint density at radius 2 is 2.56 bits per heavy atom. The van der Waals surface area contributed by atoms with E-state index in [1.807, 2.05) is 6.20 Å². The fourth-order valence-corrected chi connectivity index (χ4v) is 3.20. The van der Waals surface area contributed by atoms with Gasteiger partial charge in [0.25, 0.3) is 0 Å². The molecule has 4 heteroatoms. The minimum absolute atomic E-state index is 0.0574. The average molecular weight is 240 g/mol. The van der Waals surface area contributed by atoms with Crippen molar-refractivity contribution >= 4 is 11.3 Å². The molecule has 2 unspecified atom stereocenters. The molecule has 0 bridgehead atoms. The van der Waals surface area contributed by atoms with Crippen molar-refractivity contribution in [2.24, 2.45) is 0 Å². The van der Waals surface area contributed by atoms with E-state index in [9.17, 15) is 0 Å². The maximum Gasteiger partial charge on any atom is 0.113 e. The lowest BCUT2D eigenvalue weighted by atomic mass is 9.87. The molecule has 2 heterocycles. The van der Waals surface area contributed by atoms with Gasteiger partial charge in [-0.25, -0.2) is 4.98 Å². The molecular formula is C12H20N2OS. The third kappa shape index (κ3) is 2.44. The van der Waals surface area contributed by atoms with Crippen LogP contribution in [0.1, 0.15) is 38.1 Å². The molecule has 2 rings (SSSR count). The molecule has 0 amide bonds. The second-order valence-electron chi connectivity index (χ2n) is 4.48. The Morgan fingerprint density at radius 3 is 3.19 bits per heavy atom. The van der Waals surface area contributed by atoms with Crippen molar-refractivity contribution in [1.82, 2.24) is 10.3 Å². The van der Waals surface area contributed by atoms with E-state index in [4.69, 9.17) is 4.74 Å².